The van der Waals surface area contributed by atoms with Gasteiger partial charge in [0.1, 0.15) is 0 Å². The first kappa shape index (κ1) is 12.4. The second-order valence-corrected chi connectivity index (χ2v) is 4.24. The highest BCUT2D eigenvalue weighted by atomic mass is 79.9. The fourth-order valence-corrected chi connectivity index (χ4v) is 1.47. The number of carbonyl (C=O) groups is 1. The molecule has 15 heavy (non-hydrogen) atoms. The second-order valence-electron chi connectivity index (χ2n) is 2.81. The molecule has 0 fully saturated rings. The molecule has 0 bridgehead atoms. The van der Waals surface area contributed by atoms with Crippen LogP contribution in [0.2, 0.25) is 0 Å². The topological polar surface area (TPSA) is 38.3 Å². The van der Waals surface area contributed by atoms with Gasteiger partial charge in [0.25, 0.3) is 0 Å². The molecule has 0 saturated carbocycles. The van der Waals surface area contributed by atoms with Gasteiger partial charge in [-0.1, -0.05) is 15.9 Å². The molecule has 0 aliphatic heterocycles. The summed E-state index contributed by atoms with van der Waals surface area (Å²) in [4.78, 5) is 11.2. The van der Waals surface area contributed by atoms with Crippen LogP contribution in [0, 0.1) is 0 Å². The molecule has 0 amide bonds. The van der Waals surface area contributed by atoms with Gasteiger partial charge in [-0.25, -0.2) is 4.79 Å². The second kappa shape index (κ2) is 6.02. The molecule has 1 unspecified atom stereocenters. The lowest BCUT2D eigenvalue weighted by atomic mass is 10.3. The van der Waals surface area contributed by atoms with Gasteiger partial charge in [-0.05, 0) is 31.2 Å². The van der Waals surface area contributed by atoms with E-state index in [0.29, 0.717) is 6.61 Å². The molecule has 1 atom stereocenters. The SMILES string of the molecule is CCOC(=O)C(S)Nc1ccc(Br)cc1. The summed E-state index contributed by atoms with van der Waals surface area (Å²) < 4.78 is 5.80. The first-order chi connectivity index (χ1) is 7.13. The highest BCUT2D eigenvalue weighted by Crippen LogP contribution is 2.15. The Morgan fingerprint density at radius 1 is 1.53 bits per heavy atom. The van der Waals surface area contributed by atoms with Gasteiger partial charge in [-0.3, -0.25) is 0 Å². The third-order valence-corrected chi connectivity index (χ3v) is 2.53. The average molecular weight is 290 g/mol. The monoisotopic (exact) mass is 289 g/mol. The zero-order chi connectivity index (χ0) is 11.3. The van der Waals surface area contributed by atoms with Gasteiger partial charge in [0.2, 0.25) is 0 Å². The fraction of sp³-hybridized carbons (Fsp3) is 0.300. The summed E-state index contributed by atoms with van der Waals surface area (Å²) in [5, 5.41) is 2.29. The number of anilines is 1. The molecule has 82 valence electrons. The van der Waals surface area contributed by atoms with E-state index in [1.54, 1.807) is 6.92 Å². The number of carbonyl (C=O) groups excluding carboxylic acids is 1. The maximum absolute atomic E-state index is 11.2. The van der Waals surface area contributed by atoms with Crippen molar-refractivity contribution in [1.29, 1.82) is 0 Å². The van der Waals surface area contributed by atoms with Crippen molar-refractivity contribution < 1.29 is 9.53 Å². The number of hydrogen-bond acceptors (Lipinski definition) is 4. The summed E-state index contributed by atoms with van der Waals surface area (Å²) >= 11 is 7.43. The van der Waals surface area contributed by atoms with Crippen LogP contribution in [0.25, 0.3) is 0 Å². The number of thiol groups is 1. The first-order valence-electron chi connectivity index (χ1n) is 4.50. The van der Waals surface area contributed by atoms with Crippen LogP contribution < -0.4 is 5.32 Å². The summed E-state index contributed by atoms with van der Waals surface area (Å²) in [6, 6.07) is 7.47. The van der Waals surface area contributed by atoms with E-state index in [0.717, 1.165) is 10.2 Å². The summed E-state index contributed by atoms with van der Waals surface area (Å²) in [5.74, 6) is -0.372. The standard InChI is InChI=1S/C10H12BrNO2S/c1-2-14-10(13)9(15)12-8-5-3-7(11)4-6-8/h3-6,9,12,15H,2H2,1H3. The third kappa shape index (κ3) is 4.13. The Hall–Kier alpha value is -0.680. The molecule has 5 heteroatoms. The summed E-state index contributed by atoms with van der Waals surface area (Å²) in [6.07, 6.45) is 0. The summed E-state index contributed by atoms with van der Waals surface area (Å²) in [6.45, 7) is 2.12. The Kier molecular flexibility index (Phi) is 4.98. The molecule has 0 aromatic heterocycles. The number of esters is 1. The normalized spacial score (nSPS) is 11.9. The van der Waals surface area contributed by atoms with Crippen LogP contribution in [0.15, 0.2) is 28.7 Å². The van der Waals surface area contributed by atoms with Crippen LogP contribution in [0.4, 0.5) is 5.69 Å². The maximum Gasteiger partial charge on any atom is 0.338 e. The molecule has 1 aromatic rings. The number of hydrogen-bond donors (Lipinski definition) is 2. The molecule has 0 aliphatic rings. The Morgan fingerprint density at radius 2 is 2.13 bits per heavy atom. The molecule has 3 nitrogen and oxygen atoms in total. The van der Waals surface area contributed by atoms with Crippen molar-refractivity contribution in [3.8, 4) is 0 Å². The minimum absolute atomic E-state index is 0.359. The molecule has 0 heterocycles. The lowest BCUT2D eigenvalue weighted by Crippen LogP contribution is -2.25. The Morgan fingerprint density at radius 3 is 2.67 bits per heavy atom. The van der Waals surface area contributed by atoms with E-state index in [2.05, 4.69) is 33.9 Å². The van der Waals surface area contributed by atoms with E-state index >= 15 is 0 Å². The van der Waals surface area contributed by atoms with E-state index < -0.39 is 5.37 Å². The smallest absolute Gasteiger partial charge is 0.338 e. The molecule has 0 spiro atoms. The number of nitrogens with one attached hydrogen (secondary N) is 1. The van der Waals surface area contributed by atoms with Crippen molar-refractivity contribution in [2.24, 2.45) is 0 Å². The number of benzene rings is 1. The number of rotatable bonds is 4. The molecule has 0 radical (unpaired) electrons. The molecule has 0 saturated heterocycles. The lowest BCUT2D eigenvalue weighted by Gasteiger charge is -2.12. The Labute approximate surface area is 103 Å². The van der Waals surface area contributed by atoms with Crippen molar-refractivity contribution in [3.05, 3.63) is 28.7 Å². The van der Waals surface area contributed by atoms with E-state index in [9.17, 15) is 4.79 Å². The highest BCUT2D eigenvalue weighted by molar-refractivity contribution is 9.10. The van der Waals surface area contributed by atoms with Crippen molar-refractivity contribution in [3.63, 3.8) is 0 Å². The Balaban J connectivity index is 2.54. The molecule has 1 aromatic carbocycles. The van der Waals surface area contributed by atoms with Crippen molar-refractivity contribution in [2.75, 3.05) is 11.9 Å². The fourth-order valence-electron chi connectivity index (χ4n) is 0.984. The highest BCUT2D eigenvalue weighted by Gasteiger charge is 2.13. The van der Waals surface area contributed by atoms with Crippen molar-refractivity contribution in [1.82, 2.24) is 0 Å². The zero-order valence-electron chi connectivity index (χ0n) is 8.24. The molecular formula is C10H12BrNO2S. The molecule has 1 N–H and O–H groups in total. The van der Waals surface area contributed by atoms with Crippen LogP contribution in [0.5, 0.6) is 0 Å². The molecular weight excluding hydrogens is 278 g/mol. The predicted octanol–water partition coefficient (Wildman–Crippen LogP) is 2.68. The van der Waals surface area contributed by atoms with Gasteiger partial charge in [-0.2, -0.15) is 0 Å². The van der Waals surface area contributed by atoms with Crippen molar-refractivity contribution >= 4 is 40.2 Å². The number of ether oxygens (including phenoxy) is 1. The predicted molar refractivity (Wildman–Crippen MR) is 67.2 cm³/mol. The van der Waals surface area contributed by atoms with E-state index in [-0.39, 0.29) is 5.97 Å². The van der Waals surface area contributed by atoms with Gasteiger partial charge in [0.15, 0.2) is 5.37 Å². The molecule has 0 aliphatic carbocycles. The van der Waals surface area contributed by atoms with E-state index in [1.165, 1.54) is 0 Å². The van der Waals surface area contributed by atoms with Crippen molar-refractivity contribution in [2.45, 2.75) is 12.3 Å². The molecule has 1 rings (SSSR count). The summed E-state index contributed by atoms with van der Waals surface area (Å²) in [5.41, 5.74) is 0.825. The van der Waals surface area contributed by atoms with Gasteiger partial charge in [-0.15, -0.1) is 12.6 Å². The van der Waals surface area contributed by atoms with Crippen LogP contribution in [-0.2, 0) is 9.53 Å². The minimum Gasteiger partial charge on any atom is -0.464 e. The first-order valence-corrected chi connectivity index (χ1v) is 5.81. The Bertz CT molecular complexity index is 329. The quantitative estimate of drug-likeness (QED) is 0.509. The third-order valence-electron chi connectivity index (χ3n) is 1.66. The van der Waals surface area contributed by atoms with Crippen LogP contribution >= 0.6 is 28.6 Å². The summed E-state index contributed by atoms with van der Waals surface area (Å²) in [7, 11) is 0. The van der Waals surface area contributed by atoms with E-state index in [1.807, 2.05) is 24.3 Å². The van der Waals surface area contributed by atoms with E-state index in [4.69, 9.17) is 4.74 Å². The van der Waals surface area contributed by atoms with Gasteiger partial charge in [0, 0.05) is 10.2 Å². The largest absolute Gasteiger partial charge is 0.464 e. The van der Waals surface area contributed by atoms with Crippen LogP contribution in [0.3, 0.4) is 0 Å². The minimum atomic E-state index is -0.633. The maximum atomic E-state index is 11.2. The van der Waals surface area contributed by atoms with Crippen LogP contribution in [-0.4, -0.2) is 18.0 Å². The zero-order valence-corrected chi connectivity index (χ0v) is 10.7. The van der Waals surface area contributed by atoms with Gasteiger partial charge >= 0.3 is 5.97 Å². The van der Waals surface area contributed by atoms with Gasteiger partial charge < -0.3 is 10.1 Å². The van der Waals surface area contributed by atoms with Crippen LogP contribution in [0.1, 0.15) is 6.92 Å². The lowest BCUT2D eigenvalue weighted by molar-refractivity contribution is -0.141. The number of halogens is 1. The average Bonchev–Trinajstić information content (AvgIpc) is 2.22. The van der Waals surface area contributed by atoms with Gasteiger partial charge in [0.05, 0.1) is 6.61 Å².